The van der Waals surface area contributed by atoms with E-state index >= 15 is 0 Å². The van der Waals surface area contributed by atoms with Crippen molar-refractivity contribution in [2.24, 2.45) is 0 Å². The molecule has 0 fully saturated rings. The monoisotopic (exact) mass is 312 g/mol. The number of nitrogen functional groups attached to an aromatic ring is 1. The summed E-state index contributed by atoms with van der Waals surface area (Å²) >= 11 is 7.32. The molecule has 0 saturated carbocycles. The highest BCUT2D eigenvalue weighted by Gasteiger charge is 2.24. The zero-order valence-electron chi connectivity index (χ0n) is 11.6. The van der Waals surface area contributed by atoms with Crippen LogP contribution in [0.1, 0.15) is 23.5 Å². The SMILES string of the molecule is COCC(C)(C)NC(=O)c1sc2ccc(Cl)cc2c1N. The van der Waals surface area contributed by atoms with Crippen LogP contribution in [0, 0.1) is 0 Å². The van der Waals surface area contributed by atoms with Crippen LogP contribution >= 0.6 is 22.9 Å². The molecule has 0 saturated heterocycles. The topological polar surface area (TPSA) is 64.3 Å². The van der Waals surface area contributed by atoms with Crippen LogP contribution in [0.5, 0.6) is 0 Å². The molecule has 0 atom stereocenters. The van der Waals surface area contributed by atoms with Gasteiger partial charge in [0.25, 0.3) is 5.91 Å². The van der Waals surface area contributed by atoms with Crippen LogP contribution in [0.4, 0.5) is 5.69 Å². The first-order valence-electron chi connectivity index (χ1n) is 6.13. The van der Waals surface area contributed by atoms with Crippen molar-refractivity contribution in [2.45, 2.75) is 19.4 Å². The predicted molar refractivity (Wildman–Crippen MR) is 84.7 cm³/mol. The van der Waals surface area contributed by atoms with Gasteiger partial charge in [0.15, 0.2) is 0 Å². The molecule has 0 aliphatic heterocycles. The Labute approximate surface area is 126 Å². The number of nitrogens with one attached hydrogen (secondary N) is 1. The van der Waals surface area contributed by atoms with E-state index in [1.54, 1.807) is 19.2 Å². The first-order chi connectivity index (χ1) is 9.34. The number of methoxy groups -OCH3 is 1. The van der Waals surface area contributed by atoms with E-state index in [1.165, 1.54) is 11.3 Å². The molecule has 1 aromatic heterocycles. The molecule has 0 spiro atoms. The number of benzene rings is 1. The first-order valence-corrected chi connectivity index (χ1v) is 7.32. The van der Waals surface area contributed by atoms with Crippen LogP contribution in [-0.2, 0) is 4.74 Å². The Morgan fingerprint density at radius 3 is 2.85 bits per heavy atom. The molecule has 20 heavy (non-hydrogen) atoms. The van der Waals surface area contributed by atoms with Crippen LogP contribution in [0.15, 0.2) is 18.2 Å². The highest BCUT2D eigenvalue weighted by Crippen LogP contribution is 2.35. The molecule has 4 nitrogen and oxygen atoms in total. The van der Waals surface area contributed by atoms with Crippen molar-refractivity contribution in [3.05, 3.63) is 28.1 Å². The molecule has 0 aliphatic rings. The van der Waals surface area contributed by atoms with Gasteiger partial charge in [-0.05, 0) is 32.0 Å². The van der Waals surface area contributed by atoms with Crippen molar-refractivity contribution in [3.63, 3.8) is 0 Å². The second kappa shape index (κ2) is 5.60. The smallest absolute Gasteiger partial charge is 0.264 e. The van der Waals surface area contributed by atoms with Gasteiger partial charge in [0.05, 0.1) is 17.8 Å². The number of amides is 1. The minimum atomic E-state index is -0.452. The van der Waals surface area contributed by atoms with Gasteiger partial charge in [0.1, 0.15) is 4.88 Å². The Kier molecular flexibility index (Phi) is 4.22. The van der Waals surface area contributed by atoms with Gasteiger partial charge < -0.3 is 15.8 Å². The van der Waals surface area contributed by atoms with Gasteiger partial charge in [-0.25, -0.2) is 0 Å². The predicted octanol–water partition coefficient (Wildman–Crippen LogP) is 3.29. The lowest BCUT2D eigenvalue weighted by Gasteiger charge is -2.24. The highest BCUT2D eigenvalue weighted by molar-refractivity contribution is 7.21. The van der Waals surface area contributed by atoms with Crippen molar-refractivity contribution in [2.75, 3.05) is 19.5 Å². The van der Waals surface area contributed by atoms with E-state index in [-0.39, 0.29) is 5.91 Å². The number of hydrogen-bond acceptors (Lipinski definition) is 4. The summed E-state index contributed by atoms with van der Waals surface area (Å²) in [4.78, 5) is 12.8. The van der Waals surface area contributed by atoms with Crippen molar-refractivity contribution < 1.29 is 9.53 Å². The molecule has 0 radical (unpaired) electrons. The summed E-state index contributed by atoms with van der Waals surface area (Å²) in [6, 6.07) is 5.44. The number of thiophene rings is 1. The van der Waals surface area contributed by atoms with E-state index in [1.807, 2.05) is 19.9 Å². The Morgan fingerprint density at radius 1 is 1.50 bits per heavy atom. The number of nitrogens with two attached hydrogens (primary N) is 1. The van der Waals surface area contributed by atoms with E-state index in [9.17, 15) is 4.79 Å². The highest BCUT2D eigenvalue weighted by atomic mass is 35.5. The standard InChI is InChI=1S/C14H17ClN2O2S/c1-14(2,7-19-3)17-13(18)12-11(16)9-6-8(15)4-5-10(9)20-12/h4-6H,7,16H2,1-3H3,(H,17,18). The summed E-state index contributed by atoms with van der Waals surface area (Å²) in [6.45, 7) is 4.22. The minimum Gasteiger partial charge on any atom is -0.397 e. The summed E-state index contributed by atoms with van der Waals surface area (Å²) in [5.74, 6) is -0.193. The number of hydrogen-bond donors (Lipinski definition) is 2. The van der Waals surface area contributed by atoms with E-state index in [0.717, 1.165) is 10.1 Å². The maximum Gasteiger partial charge on any atom is 0.264 e. The Balaban J connectivity index is 2.33. The average Bonchev–Trinajstić information content (AvgIpc) is 2.66. The lowest BCUT2D eigenvalue weighted by atomic mass is 10.1. The van der Waals surface area contributed by atoms with Gasteiger partial charge >= 0.3 is 0 Å². The molecule has 2 aromatic rings. The molecule has 0 unspecified atom stereocenters. The Bertz CT molecular complexity index is 652. The number of fused-ring (bicyclic) bond motifs is 1. The molecule has 3 N–H and O–H groups in total. The molecule has 1 amide bonds. The molecule has 108 valence electrons. The van der Waals surface area contributed by atoms with Crippen LogP contribution in [0.2, 0.25) is 5.02 Å². The zero-order valence-corrected chi connectivity index (χ0v) is 13.2. The van der Waals surface area contributed by atoms with Gasteiger partial charge in [-0.1, -0.05) is 11.6 Å². The second-order valence-electron chi connectivity index (χ2n) is 5.26. The summed E-state index contributed by atoms with van der Waals surface area (Å²) in [6.07, 6.45) is 0. The van der Waals surface area contributed by atoms with Crippen molar-refractivity contribution in [1.29, 1.82) is 0 Å². The maximum absolute atomic E-state index is 12.3. The van der Waals surface area contributed by atoms with E-state index < -0.39 is 5.54 Å². The van der Waals surface area contributed by atoms with Crippen LogP contribution < -0.4 is 11.1 Å². The third-order valence-corrected chi connectivity index (χ3v) is 4.27. The molecule has 1 aromatic carbocycles. The second-order valence-corrected chi connectivity index (χ2v) is 6.74. The van der Waals surface area contributed by atoms with Gasteiger partial charge in [-0.15, -0.1) is 11.3 Å². The van der Waals surface area contributed by atoms with Crippen LogP contribution in [-0.4, -0.2) is 25.2 Å². The van der Waals surface area contributed by atoms with E-state index in [4.69, 9.17) is 22.1 Å². The number of carbonyl (C=O) groups excluding carboxylic acids is 1. The van der Waals surface area contributed by atoms with Crippen LogP contribution in [0.3, 0.4) is 0 Å². The molecule has 6 heteroatoms. The van der Waals surface area contributed by atoms with E-state index in [2.05, 4.69) is 5.32 Å². The van der Waals surface area contributed by atoms with Crippen molar-refractivity contribution in [3.8, 4) is 0 Å². The number of carbonyl (C=O) groups is 1. The van der Waals surface area contributed by atoms with Crippen molar-refractivity contribution in [1.82, 2.24) is 5.32 Å². The maximum atomic E-state index is 12.3. The quantitative estimate of drug-likeness (QED) is 0.910. The molecular weight excluding hydrogens is 296 g/mol. The molecule has 0 bridgehead atoms. The van der Waals surface area contributed by atoms with Gasteiger partial charge in [0.2, 0.25) is 0 Å². The van der Waals surface area contributed by atoms with Gasteiger partial charge in [0, 0.05) is 22.2 Å². The molecule has 1 heterocycles. The number of ether oxygens (including phenoxy) is 1. The molecular formula is C14H17ClN2O2S. The van der Waals surface area contributed by atoms with Gasteiger partial charge in [-0.3, -0.25) is 4.79 Å². The molecule has 0 aliphatic carbocycles. The summed E-state index contributed by atoms with van der Waals surface area (Å²) < 4.78 is 6.03. The fourth-order valence-electron chi connectivity index (χ4n) is 2.02. The third kappa shape index (κ3) is 3.06. The summed E-state index contributed by atoms with van der Waals surface area (Å²) in [5, 5.41) is 4.35. The largest absolute Gasteiger partial charge is 0.397 e. The summed E-state index contributed by atoms with van der Waals surface area (Å²) in [5.41, 5.74) is 6.08. The first kappa shape index (κ1) is 15.1. The average molecular weight is 313 g/mol. The Morgan fingerprint density at radius 2 is 2.20 bits per heavy atom. The summed E-state index contributed by atoms with van der Waals surface area (Å²) in [7, 11) is 1.60. The Hall–Kier alpha value is -1.30. The fourth-order valence-corrected chi connectivity index (χ4v) is 3.19. The lowest BCUT2D eigenvalue weighted by molar-refractivity contribution is 0.0824. The zero-order chi connectivity index (χ0) is 14.9. The number of anilines is 1. The number of halogens is 1. The lowest BCUT2D eigenvalue weighted by Crippen LogP contribution is -2.46. The van der Waals surface area contributed by atoms with Crippen molar-refractivity contribution >= 4 is 44.6 Å². The third-order valence-electron chi connectivity index (χ3n) is 2.85. The number of rotatable bonds is 4. The van der Waals surface area contributed by atoms with Crippen LogP contribution in [0.25, 0.3) is 10.1 Å². The molecule has 2 rings (SSSR count). The van der Waals surface area contributed by atoms with E-state index in [0.29, 0.717) is 22.2 Å². The van der Waals surface area contributed by atoms with Gasteiger partial charge in [-0.2, -0.15) is 0 Å². The fraction of sp³-hybridized carbons (Fsp3) is 0.357. The minimum absolute atomic E-state index is 0.193. The normalized spacial score (nSPS) is 11.8.